The Labute approximate surface area is 194 Å². The van der Waals surface area contributed by atoms with Gasteiger partial charge in [0.1, 0.15) is 23.9 Å². The van der Waals surface area contributed by atoms with E-state index in [0.717, 1.165) is 6.07 Å². The second kappa shape index (κ2) is 8.61. The molecule has 1 N–H and O–H groups in total. The van der Waals surface area contributed by atoms with E-state index in [1.807, 2.05) is 0 Å². The number of pyridine rings is 1. The second-order valence-corrected chi connectivity index (χ2v) is 10.4. The van der Waals surface area contributed by atoms with E-state index in [-0.39, 0.29) is 23.5 Å². The first-order valence-corrected chi connectivity index (χ1v) is 12.2. The largest absolute Gasteiger partial charge is 0.363 e. The molecule has 0 fully saturated rings. The summed E-state index contributed by atoms with van der Waals surface area (Å²) in [6, 6.07) is 7.74. The number of fused-ring (bicyclic) bond motifs is 1. The number of nitriles is 1. The maximum atomic E-state index is 13.8. The molecule has 1 atom stereocenters. The van der Waals surface area contributed by atoms with Crippen LogP contribution in [0.4, 0.5) is 14.6 Å². The molecule has 0 saturated carbocycles. The summed E-state index contributed by atoms with van der Waals surface area (Å²) in [6.45, 7) is 1.76. The van der Waals surface area contributed by atoms with Crippen LogP contribution in [0.15, 0.2) is 47.5 Å². The summed E-state index contributed by atoms with van der Waals surface area (Å²) in [7, 11) is -1.58. The first kappa shape index (κ1) is 23.5. The van der Waals surface area contributed by atoms with E-state index >= 15 is 0 Å². The molecular formula is C23H21F2N5O3S. The van der Waals surface area contributed by atoms with Gasteiger partial charge in [0.2, 0.25) is 0 Å². The summed E-state index contributed by atoms with van der Waals surface area (Å²) < 4.78 is 52.6. The number of nitrogens with zero attached hydrogens (tertiary/aromatic N) is 4. The predicted octanol–water partition coefficient (Wildman–Crippen LogP) is 3.32. The SMILES string of the molecule is CC(Nc1ncnc2c1cc(C1=CCS(=O)(=O)CC1)c(=O)n2C)c1cccc(C(F)(F)C#N)c1. The second-order valence-electron chi connectivity index (χ2n) is 8.15. The molecule has 4 rings (SSSR count). The highest BCUT2D eigenvalue weighted by Gasteiger charge is 2.31. The summed E-state index contributed by atoms with van der Waals surface area (Å²) in [5, 5.41) is 12.4. The van der Waals surface area contributed by atoms with Gasteiger partial charge in [-0.05, 0) is 36.6 Å². The number of hydrogen-bond donors (Lipinski definition) is 1. The minimum Gasteiger partial charge on any atom is -0.363 e. The number of nitrogens with one attached hydrogen (secondary N) is 1. The maximum Gasteiger partial charge on any atom is 0.357 e. The Kier molecular flexibility index (Phi) is 5.95. The van der Waals surface area contributed by atoms with Crippen molar-refractivity contribution in [1.82, 2.24) is 14.5 Å². The first-order chi connectivity index (χ1) is 16.0. The number of benzene rings is 1. The number of aromatic nitrogens is 3. The lowest BCUT2D eigenvalue weighted by molar-refractivity contribution is 0.0612. The van der Waals surface area contributed by atoms with Crippen molar-refractivity contribution < 1.29 is 17.2 Å². The molecule has 1 aliphatic rings. The van der Waals surface area contributed by atoms with Gasteiger partial charge in [-0.2, -0.15) is 14.0 Å². The van der Waals surface area contributed by atoms with E-state index in [1.54, 1.807) is 32.2 Å². The highest BCUT2D eigenvalue weighted by molar-refractivity contribution is 7.91. The summed E-state index contributed by atoms with van der Waals surface area (Å²) >= 11 is 0. The number of hydrogen-bond acceptors (Lipinski definition) is 7. The Hall–Kier alpha value is -3.65. The number of anilines is 1. The van der Waals surface area contributed by atoms with Crippen LogP contribution in [0.3, 0.4) is 0 Å². The van der Waals surface area contributed by atoms with Crippen molar-refractivity contribution in [2.75, 3.05) is 16.8 Å². The zero-order chi connectivity index (χ0) is 24.7. The lowest BCUT2D eigenvalue weighted by Crippen LogP contribution is -2.24. The lowest BCUT2D eigenvalue weighted by Gasteiger charge is -2.19. The van der Waals surface area contributed by atoms with E-state index < -0.39 is 27.4 Å². The van der Waals surface area contributed by atoms with Crippen molar-refractivity contribution in [3.63, 3.8) is 0 Å². The fourth-order valence-corrected chi connectivity index (χ4v) is 5.05. The highest BCUT2D eigenvalue weighted by atomic mass is 32.2. The van der Waals surface area contributed by atoms with Crippen molar-refractivity contribution in [2.45, 2.75) is 25.3 Å². The lowest BCUT2D eigenvalue weighted by atomic mass is 10.0. The molecular weight excluding hydrogens is 464 g/mol. The topological polar surface area (TPSA) is 118 Å². The molecule has 1 aliphatic heterocycles. The Morgan fingerprint density at radius 3 is 2.71 bits per heavy atom. The van der Waals surface area contributed by atoms with E-state index in [0.29, 0.717) is 33.6 Å². The number of sulfone groups is 1. The van der Waals surface area contributed by atoms with Crippen LogP contribution < -0.4 is 10.9 Å². The van der Waals surface area contributed by atoms with Gasteiger partial charge in [0.15, 0.2) is 9.84 Å². The fraction of sp³-hybridized carbons (Fsp3) is 0.304. The van der Waals surface area contributed by atoms with E-state index in [1.165, 1.54) is 29.1 Å². The number of allylic oxidation sites excluding steroid dienone is 1. The maximum absolute atomic E-state index is 13.8. The average Bonchev–Trinajstić information content (AvgIpc) is 2.82. The van der Waals surface area contributed by atoms with Crippen LogP contribution in [-0.4, -0.2) is 34.5 Å². The monoisotopic (exact) mass is 485 g/mol. The molecule has 34 heavy (non-hydrogen) atoms. The molecule has 3 heterocycles. The Morgan fingerprint density at radius 2 is 2.03 bits per heavy atom. The third-order valence-electron chi connectivity index (χ3n) is 5.86. The van der Waals surface area contributed by atoms with Crippen molar-refractivity contribution in [3.8, 4) is 6.07 Å². The van der Waals surface area contributed by atoms with Crippen molar-refractivity contribution >= 4 is 32.3 Å². The number of rotatable bonds is 5. The molecule has 0 bridgehead atoms. The highest BCUT2D eigenvalue weighted by Crippen LogP contribution is 2.31. The molecule has 0 radical (unpaired) electrons. The van der Waals surface area contributed by atoms with Crippen LogP contribution in [0.1, 0.15) is 36.1 Å². The van der Waals surface area contributed by atoms with Gasteiger partial charge >= 0.3 is 5.92 Å². The fourth-order valence-electron chi connectivity index (χ4n) is 3.89. The van der Waals surface area contributed by atoms with Crippen LogP contribution in [-0.2, 0) is 22.8 Å². The zero-order valence-corrected chi connectivity index (χ0v) is 19.2. The van der Waals surface area contributed by atoms with Crippen LogP contribution in [0.5, 0.6) is 0 Å². The Morgan fingerprint density at radius 1 is 1.26 bits per heavy atom. The minimum atomic E-state index is -3.61. The van der Waals surface area contributed by atoms with Crippen molar-refractivity contribution in [2.24, 2.45) is 7.05 Å². The van der Waals surface area contributed by atoms with Gasteiger partial charge in [0.05, 0.1) is 16.9 Å². The quantitative estimate of drug-likeness (QED) is 0.589. The molecule has 11 heteroatoms. The smallest absolute Gasteiger partial charge is 0.357 e. The first-order valence-electron chi connectivity index (χ1n) is 10.4. The van der Waals surface area contributed by atoms with Gasteiger partial charge < -0.3 is 5.32 Å². The summed E-state index contributed by atoms with van der Waals surface area (Å²) in [5.41, 5.74) is 1.19. The van der Waals surface area contributed by atoms with Crippen molar-refractivity contribution in [1.29, 1.82) is 5.26 Å². The van der Waals surface area contributed by atoms with E-state index in [2.05, 4.69) is 15.3 Å². The molecule has 0 spiro atoms. The molecule has 3 aromatic rings. The van der Waals surface area contributed by atoms with Gasteiger partial charge in [-0.3, -0.25) is 9.36 Å². The number of halogens is 2. The summed E-state index contributed by atoms with van der Waals surface area (Å²) in [4.78, 5) is 21.4. The van der Waals surface area contributed by atoms with Crippen LogP contribution in [0, 0.1) is 11.3 Å². The standard InChI is InChI=1S/C23H21F2N5O3S/c1-14(16-4-3-5-17(10-16)23(24,25)12-26)29-20-19-11-18(15-6-8-34(32,33)9-7-15)22(31)30(2)21(19)28-13-27-20/h3-6,10-11,13-14H,7-9H2,1-2H3,(H,27,28,29). The number of alkyl halides is 2. The van der Waals surface area contributed by atoms with E-state index in [4.69, 9.17) is 5.26 Å². The van der Waals surface area contributed by atoms with Gasteiger partial charge in [-0.25, -0.2) is 18.4 Å². The molecule has 0 aliphatic carbocycles. The molecule has 176 valence electrons. The zero-order valence-electron chi connectivity index (χ0n) is 18.4. The molecule has 2 aromatic heterocycles. The summed E-state index contributed by atoms with van der Waals surface area (Å²) in [6.07, 6.45) is 3.08. The molecule has 1 unspecified atom stereocenters. The Bertz CT molecular complexity index is 1520. The third-order valence-corrected chi connectivity index (χ3v) is 7.36. The predicted molar refractivity (Wildman–Crippen MR) is 124 cm³/mol. The minimum absolute atomic E-state index is 0.0306. The van der Waals surface area contributed by atoms with Crippen molar-refractivity contribution in [3.05, 3.63) is 69.8 Å². The van der Waals surface area contributed by atoms with Gasteiger partial charge in [-0.15, -0.1) is 0 Å². The van der Waals surface area contributed by atoms with Gasteiger partial charge in [-0.1, -0.05) is 24.3 Å². The van der Waals surface area contributed by atoms with Gasteiger partial charge in [0.25, 0.3) is 5.56 Å². The Balaban J connectivity index is 1.75. The molecule has 0 saturated heterocycles. The van der Waals surface area contributed by atoms with E-state index in [9.17, 15) is 22.0 Å². The van der Waals surface area contributed by atoms with Crippen LogP contribution in [0.2, 0.25) is 0 Å². The molecule has 8 nitrogen and oxygen atoms in total. The third kappa shape index (κ3) is 4.41. The summed E-state index contributed by atoms with van der Waals surface area (Å²) in [5.74, 6) is -3.38. The average molecular weight is 486 g/mol. The molecule has 0 amide bonds. The normalized spacial score (nSPS) is 16.5. The van der Waals surface area contributed by atoms with Crippen LogP contribution >= 0.6 is 0 Å². The number of aryl methyl sites for hydroxylation is 1. The van der Waals surface area contributed by atoms with Gasteiger partial charge in [0, 0.05) is 24.2 Å². The molecule has 1 aromatic carbocycles. The van der Waals surface area contributed by atoms with Crippen LogP contribution in [0.25, 0.3) is 16.6 Å².